The van der Waals surface area contributed by atoms with Crippen molar-refractivity contribution in [2.45, 2.75) is 56.2 Å². The zero-order chi connectivity index (χ0) is 8.10. The molecule has 66 valence electrons. The minimum Gasteiger partial charge on any atom is -0.327 e. The van der Waals surface area contributed by atoms with Crippen LogP contribution in [0.2, 0.25) is 0 Å². The number of hydrogen-bond donors (Lipinski definition) is 2. The summed E-state index contributed by atoms with van der Waals surface area (Å²) in [5, 5.41) is 0.452. The molecule has 0 aromatic rings. The van der Waals surface area contributed by atoms with E-state index in [2.05, 4.69) is 12.6 Å². The van der Waals surface area contributed by atoms with Crippen LogP contribution in [0.4, 0.5) is 0 Å². The van der Waals surface area contributed by atoms with Gasteiger partial charge in [0.1, 0.15) is 0 Å². The van der Waals surface area contributed by atoms with Gasteiger partial charge in [0.25, 0.3) is 0 Å². The molecule has 0 saturated heterocycles. The van der Waals surface area contributed by atoms with Crippen molar-refractivity contribution in [1.29, 1.82) is 0 Å². The molecule has 0 radical (unpaired) electrons. The second-order valence-electron chi connectivity index (χ2n) is 3.58. The van der Waals surface area contributed by atoms with Crippen molar-refractivity contribution >= 4 is 12.6 Å². The number of rotatable bonds is 0. The first kappa shape index (κ1) is 9.40. The van der Waals surface area contributed by atoms with Gasteiger partial charge < -0.3 is 5.73 Å². The van der Waals surface area contributed by atoms with Crippen LogP contribution in [0.5, 0.6) is 0 Å². The minimum atomic E-state index is 0.344. The molecule has 1 saturated carbocycles. The molecule has 1 rings (SSSR count). The number of hydrogen-bond acceptors (Lipinski definition) is 2. The molecule has 2 heteroatoms. The maximum atomic E-state index is 5.94. The van der Waals surface area contributed by atoms with Crippen LogP contribution < -0.4 is 5.73 Å². The largest absolute Gasteiger partial charge is 0.327 e. The molecule has 1 fully saturated rings. The van der Waals surface area contributed by atoms with Gasteiger partial charge in [0.05, 0.1) is 0 Å². The lowest BCUT2D eigenvalue weighted by atomic mass is 10.1. The zero-order valence-corrected chi connectivity index (χ0v) is 8.02. The van der Waals surface area contributed by atoms with Crippen LogP contribution >= 0.6 is 12.6 Å². The Kier molecular flexibility index (Phi) is 4.31. The smallest absolute Gasteiger partial charge is 0.0168 e. The van der Waals surface area contributed by atoms with Crippen molar-refractivity contribution in [1.82, 2.24) is 0 Å². The molecule has 2 unspecified atom stereocenters. The summed E-state index contributed by atoms with van der Waals surface area (Å²) in [4.78, 5) is 0. The van der Waals surface area contributed by atoms with E-state index in [1.54, 1.807) is 0 Å². The summed E-state index contributed by atoms with van der Waals surface area (Å²) in [5.41, 5.74) is 5.94. The summed E-state index contributed by atoms with van der Waals surface area (Å²) in [7, 11) is 0. The van der Waals surface area contributed by atoms with Crippen molar-refractivity contribution in [2.75, 3.05) is 0 Å². The summed E-state index contributed by atoms with van der Waals surface area (Å²) in [6.07, 6.45) is 9.16. The zero-order valence-electron chi connectivity index (χ0n) is 7.13. The average molecular weight is 173 g/mol. The minimum absolute atomic E-state index is 0.344. The Balaban J connectivity index is 2.29. The van der Waals surface area contributed by atoms with Crippen LogP contribution in [0.25, 0.3) is 0 Å². The van der Waals surface area contributed by atoms with Crippen LogP contribution in [0, 0.1) is 0 Å². The predicted octanol–water partition coefficient (Wildman–Crippen LogP) is 2.36. The van der Waals surface area contributed by atoms with Gasteiger partial charge in [-0.05, 0) is 12.8 Å². The number of nitrogens with two attached hydrogens (primary N) is 1. The average Bonchev–Trinajstić information content (AvgIpc) is 2.07. The highest BCUT2D eigenvalue weighted by Gasteiger charge is 2.13. The fourth-order valence-electron chi connectivity index (χ4n) is 1.67. The highest BCUT2D eigenvalue weighted by Crippen LogP contribution is 2.19. The van der Waals surface area contributed by atoms with Crippen molar-refractivity contribution in [3.63, 3.8) is 0 Å². The molecule has 0 aromatic carbocycles. The second kappa shape index (κ2) is 5.04. The van der Waals surface area contributed by atoms with E-state index in [0.29, 0.717) is 11.3 Å². The summed E-state index contributed by atoms with van der Waals surface area (Å²) in [6.45, 7) is 0. The molecule has 1 aliphatic carbocycles. The first-order valence-corrected chi connectivity index (χ1v) is 5.26. The van der Waals surface area contributed by atoms with E-state index < -0.39 is 0 Å². The topological polar surface area (TPSA) is 26.0 Å². The Labute approximate surface area is 75.1 Å². The Morgan fingerprint density at radius 3 is 2.18 bits per heavy atom. The molecule has 11 heavy (non-hydrogen) atoms. The standard InChI is InChI=1S/C9H19NS/c10-8-6-4-2-1-3-5-7-9(8)11/h8-9,11H,1-7,10H2. The van der Waals surface area contributed by atoms with Gasteiger partial charge in [0.2, 0.25) is 0 Å². The summed E-state index contributed by atoms with van der Waals surface area (Å²) >= 11 is 4.50. The van der Waals surface area contributed by atoms with Gasteiger partial charge in [-0.1, -0.05) is 32.1 Å². The fraction of sp³-hybridized carbons (Fsp3) is 1.00. The SMILES string of the molecule is NC1CCCCCCCC1S. The molecule has 0 aliphatic heterocycles. The Morgan fingerprint density at radius 1 is 0.909 bits per heavy atom. The van der Waals surface area contributed by atoms with E-state index in [-0.39, 0.29) is 0 Å². The van der Waals surface area contributed by atoms with Crippen molar-refractivity contribution in [3.8, 4) is 0 Å². The van der Waals surface area contributed by atoms with Gasteiger partial charge >= 0.3 is 0 Å². The van der Waals surface area contributed by atoms with Gasteiger partial charge in [-0.25, -0.2) is 0 Å². The Bertz CT molecular complexity index is 93.7. The van der Waals surface area contributed by atoms with Gasteiger partial charge in [0, 0.05) is 11.3 Å². The molecule has 1 nitrogen and oxygen atoms in total. The first-order chi connectivity index (χ1) is 5.30. The monoisotopic (exact) mass is 173 g/mol. The van der Waals surface area contributed by atoms with E-state index in [4.69, 9.17) is 5.73 Å². The lowest BCUT2D eigenvalue weighted by Gasteiger charge is -2.16. The third kappa shape index (κ3) is 3.48. The summed E-state index contributed by atoms with van der Waals surface area (Å²) in [6, 6.07) is 0.344. The quantitative estimate of drug-likeness (QED) is 0.540. The summed E-state index contributed by atoms with van der Waals surface area (Å²) < 4.78 is 0. The molecule has 1 aliphatic rings. The van der Waals surface area contributed by atoms with Crippen LogP contribution in [0.1, 0.15) is 44.9 Å². The van der Waals surface area contributed by atoms with E-state index in [1.807, 2.05) is 0 Å². The predicted molar refractivity (Wildman–Crippen MR) is 53.1 cm³/mol. The van der Waals surface area contributed by atoms with Gasteiger partial charge in [-0.3, -0.25) is 0 Å². The van der Waals surface area contributed by atoms with Crippen LogP contribution in [0.15, 0.2) is 0 Å². The van der Waals surface area contributed by atoms with Crippen LogP contribution in [0.3, 0.4) is 0 Å². The lowest BCUT2D eigenvalue weighted by molar-refractivity contribution is 0.548. The van der Waals surface area contributed by atoms with Crippen LogP contribution in [-0.4, -0.2) is 11.3 Å². The first-order valence-electron chi connectivity index (χ1n) is 4.74. The third-order valence-electron chi connectivity index (χ3n) is 2.53. The fourth-order valence-corrected chi connectivity index (χ4v) is 2.00. The van der Waals surface area contributed by atoms with Crippen molar-refractivity contribution in [2.24, 2.45) is 5.73 Å². The molecule has 0 aromatic heterocycles. The van der Waals surface area contributed by atoms with E-state index in [1.165, 1.54) is 44.9 Å². The highest BCUT2D eigenvalue weighted by molar-refractivity contribution is 7.81. The third-order valence-corrected chi connectivity index (χ3v) is 3.17. The molecule has 2 atom stereocenters. The maximum Gasteiger partial charge on any atom is 0.0168 e. The lowest BCUT2D eigenvalue weighted by Crippen LogP contribution is -2.30. The van der Waals surface area contributed by atoms with E-state index in [0.717, 1.165) is 0 Å². The molecule has 0 heterocycles. The molecule has 0 bridgehead atoms. The van der Waals surface area contributed by atoms with Gasteiger partial charge in [0.15, 0.2) is 0 Å². The number of thiol groups is 1. The molecule has 0 spiro atoms. The van der Waals surface area contributed by atoms with Crippen molar-refractivity contribution in [3.05, 3.63) is 0 Å². The molecule has 2 N–H and O–H groups in total. The van der Waals surface area contributed by atoms with Crippen molar-refractivity contribution < 1.29 is 0 Å². The maximum absolute atomic E-state index is 5.94. The Morgan fingerprint density at radius 2 is 1.45 bits per heavy atom. The van der Waals surface area contributed by atoms with E-state index in [9.17, 15) is 0 Å². The molecule has 0 amide bonds. The highest BCUT2D eigenvalue weighted by atomic mass is 32.1. The van der Waals surface area contributed by atoms with Crippen LogP contribution in [-0.2, 0) is 0 Å². The second-order valence-corrected chi connectivity index (χ2v) is 4.24. The Hall–Kier alpha value is 0.310. The van der Waals surface area contributed by atoms with Gasteiger partial charge in [-0.15, -0.1) is 0 Å². The normalized spacial score (nSPS) is 35.5. The van der Waals surface area contributed by atoms with Gasteiger partial charge in [-0.2, -0.15) is 12.6 Å². The molecular weight excluding hydrogens is 154 g/mol. The molecular formula is C9H19NS. The van der Waals surface area contributed by atoms with E-state index >= 15 is 0 Å². The summed E-state index contributed by atoms with van der Waals surface area (Å²) in [5.74, 6) is 0.